The average molecular weight is 283 g/mol. The Morgan fingerprint density at radius 2 is 2.22 bits per heavy atom. The summed E-state index contributed by atoms with van der Waals surface area (Å²) in [6.45, 7) is 0. The molecule has 0 saturated carbocycles. The highest BCUT2D eigenvalue weighted by molar-refractivity contribution is 7.15. The monoisotopic (exact) mass is 282 g/mol. The Bertz CT molecular complexity index is 569. The second-order valence-corrected chi connectivity index (χ2v) is 5.10. The van der Waals surface area contributed by atoms with Crippen LogP contribution in [0, 0.1) is 0 Å². The molecule has 0 unspecified atom stereocenters. The summed E-state index contributed by atoms with van der Waals surface area (Å²) in [4.78, 5) is 17.0. The Morgan fingerprint density at radius 3 is 2.83 bits per heavy atom. The van der Waals surface area contributed by atoms with Gasteiger partial charge in [-0.05, 0) is 12.1 Å². The van der Waals surface area contributed by atoms with Crippen LogP contribution in [0.15, 0.2) is 24.3 Å². The van der Waals surface area contributed by atoms with Crippen LogP contribution in [-0.2, 0) is 0 Å². The van der Waals surface area contributed by atoms with Gasteiger partial charge in [0.2, 0.25) is 0 Å². The Morgan fingerprint density at radius 1 is 1.44 bits per heavy atom. The van der Waals surface area contributed by atoms with E-state index in [1.807, 2.05) is 43.3 Å². The molecule has 94 valence electrons. The fourth-order valence-electron chi connectivity index (χ4n) is 1.34. The minimum absolute atomic E-state index is 0.175. The van der Waals surface area contributed by atoms with Crippen molar-refractivity contribution >= 4 is 34.9 Å². The summed E-state index contributed by atoms with van der Waals surface area (Å²) in [6.07, 6.45) is 0.670. The molecule has 0 N–H and O–H groups in total. The van der Waals surface area contributed by atoms with E-state index >= 15 is 0 Å². The van der Waals surface area contributed by atoms with E-state index in [0.717, 1.165) is 17.0 Å². The van der Waals surface area contributed by atoms with Crippen molar-refractivity contribution in [3.63, 3.8) is 0 Å². The fraction of sp³-hybridized carbons (Fsp3) is 0.167. The van der Waals surface area contributed by atoms with Crippen molar-refractivity contribution in [2.75, 3.05) is 19.0 Å². The molecule has 0 bridgehead atoms. The largest absolute Gasteiger partial charge is 0.431 e. The van der Waals surface area contributed by atoms with Crippen molar-refractivity contribution in [3.8, 4) is 10.9 Å². The number of rotatable bonds is 4. The lowest BCUT2D eigenvalue weighted by Crippen LogP contribution is -2.08. The summed E-state index contributed by atoms with van der Waals surface area (Å²) >= 11 is 6.89. The van der Waals surface area contributed by atoms with E-state index < -0.39 is 0 Å². The first-order valence-electron chi connectivity index (χ1n) is 5.17. The molecule has 1 aromatic heterocycles. The molecule has 0 radical (unpaired) electrons. The number of carbonyl (C=O) groups is 1. The van der Waals surface area contributed by atoms with E-state index in [9.17, 15) is 4.79 Å². The third kappa shape index (κ3) is 2.80. The summed E-state index contributed by atoms with van der Waals surface area (Å²) in [5.41, 5.74) is 1.02. The molecule has 0 aliphatic carbocycles. The van der Waals surface area contributed by atoms with Gasteiger partial charge in [0.25, 0.3) is 5.19 Å². The van der Waals surface area contributed by atoms with Crippen molar-refractivity contribution in [2.24, 2.45) is 0 Å². The van der Waals surface area contributed by atoms with Crippen LogP contribution in [0.5, 0.6) is 10.9 Å². The lowest BCUT2D eigenvalue weighted by Gasteiger charge is -2.13. The molecule has 6 heteroatoms. The molecule has 0 amide bonds. The lowest BCUT2D eigenvalue weighted by atomic mass is 10.3. The predicted octanol–water partition coefficient (Wildman–Crippen LogP) is 3.47. The summed E-state index contributed by atoms with van der Waals surface area (Å²) < 4.78 is 5.57. The van der Waals surface area contributed by atoms with E-state index in [0.29, 0.717) is 22.1 Å². The SMILES string of the molecule is CN(C)c1cccc(Oc2nc(Cl)c(C=O)s2)c1. The number of thiazole rings is 1. The predicted molar refractivity (Wildman–Crippen MR) is 73.4 cm³/mol. The number of halogens is 1. The Balaban J connectivity index is 2.22. The van der Waals surface area contributed by atoms with Gasteiger partial charge in [-0.1, -0.05) is 29.0 Å². The minimum atomic E-state index is 0.175. The number of ether oxygens (including phenoxy) is 1. The molecule has 18 heavy (non-hydrogen) atoms. The molecule has 1 aromatic carbocycles. The van der Waals surface area contributed by atoms with E-state index in [1.165, 1.54) is 0 Å². The lowest BCUT2D eigenvalue weighted by molar-refractivity contribution is 0.112. The van der Waals surface area contributed by atoms with Crippen molar-refractivity contribution in [1.82, 2.24) is 4.98 Å². The quantitative estimate of drug-likeness (QED) is 0.806. The first kappa shape index (κ1) is 12.9. The van der Waals surface area contributed by atoms with Gasteiger partial charge < -0.3 is 9.64 Å². The zero-order chi connectivity index (χ0) is 13.1. The summed E-state index contributed by atoms with van der Waals surface area (Å²) in [6, 6.07) is 7.57. The zero-order valence-corrected chi connectivity index (χ0v) is 11.5. The van der Waals surface area contributed by atoms with Gasteiger partial charge in [-0.15, -0.1) is 0 Å². The maximum absolute atomic E-state index is 10.7. The summed E-state index contributed by atoms with van der Waals surface area (Å²) in [5, 5.41) is 0.534. The molecule has 1 heterocycles. The minimum Gasteiger partial charge on any atom is -0.431 e. The van der Waals surface area contributed by atoms with Crippen LogP contribution < -0.4 is 9.64 Å². The Labute approximate surface area is 114 Å². The van der Waals surface area contributed by atoms with Gasteiger partial charge in [-0.2, -0.15) is 4.98 Å². The number of anilines is 1. The normalized spacial score (nSPS) is 10.2. The maximum atomic E-state index is 10.7. The molecular formula is C12H11ClN2O2S. The van der Waals surface area contributed by atoms with Gasteiger partial charge in [-0.3, -0.25) is 4.79 Å². The van der Waals surface area contributed by atoms with Crippen LogP contribution in [0.3, 0.4) is 0 Å². The number of benzene rings is 1. The molecule has 0 fully saturated rings. The molecule has 0 saturated heterocycles. The third-order valence-corrected chi connectivity index (χ3v) is 3.50. The molecule has 2 rings (SSSR count). The van der Waals surface area contributed by atoms with Gasteiger partial charge in [-0.25, -0.2) is 0 Å². The molecule has 0 aliphatic heterocycles. The smallest absolute Gasteiger partial charge is 0.280 e. The second-order valence-electron chi connectivity index (χ2n) is 3.75. The molecule has 0 aliphatic rings. The summed E-state index contributed by atoms with van der Waals surface area (Å²) in [5.74, 6) is 0.657. The van der Waals surface area contributed by atoms with E-state index in [2.05, 4.69) is 4.98 Å². The number of nitrogens with zero attached hydrogens (tertiary/aromatic N) is 2. The standard InChI is InChI=1S/C12H11ClN2O2S/c1-15(2)8-4-3-5-9(6-8)17-12-14-11(13)10(7-16)18-12/h3-7H,1-2H3. The fourth-order valence-corrected chi connectivity index (χ4v) is 2.26. The highest BCUT2D eigenvalue weighted by Gasteiger charge is 2.10. The first-order chi connectivity index (χ1) is 8.60. The first-order valence-corrected chi connectivity index (χ1v) is 6.36. The van der Waals surface area contributed by atoms with Crippen molar-refractivity contribution in [3.05, 3.63) is 34.3 Å². The van der Waals surface area contributed by atoms with E-state index in [-0.39, 0.29) is 5.15 Å². The number of hydrogen-bond acceptors (Lipinski definition) is 5. The van der Waals surface area contributed by atoms with Gasteiger partial charge in [0, 0.05) is 25.8 Å². The van der Waals surface area contributed by atoms with Crippen molar-refractivity contribution in [1.29, 1.82) is 0 Å². The maximum Gasteiger partial charge on any atom is 0.280 e. The molecule has 0 atom stereocenters. The topological polar surface area (TPSA) is 42.4 Å². The van der Waals surface area contributed by atoms with Gasteiger partial charge in [0.05, 0.1) is 0 Å². The second kappa shape index (κ2) is 5.37. The van der Waals surface area contributed by atoms with Gasteiger partial charge in [0.15, 0.2) is 11.4 Å². The Hall–Kier alpha value is -1.59. The van der Waals surface area contributed by atoms with Crippen LogP contribution >= 0.6 is 22.9 Å². The highest BCUT2D eigenvalue weighted by atomic mass is 35.5. The number of carbonyl (C=O) groups excluding carboxylic acids is 1. The molecule has 2 aromatic rings. The average Bonchev–Trinajstić information content (AvgIpc) is 2.69. The Kier molecular flexibility index (Phi) is 3.84. The van der Waals surface area contributed by atoms with Crippen LogP contribution in [0.25, 0.3) is 0 Å². The van der Waals surface area contributed by atoms with Crippen LogP contribution in [0.4, 0.5) is 5.69 Å². The highest BCUT2D eigenvalue weighted by Crippen LogP contribution is 2.31. The van der Waals surface area contributed by atoms with Gasteiger partial charge in [0.1, 0.15) is 10.6 Å². The molecule has 0 spiro atoms. The van der Waals surface area contributed by atoms with E-state index in [4.69, 9.17) is 16.3 Å². The number of aromatic nitrogens is 1. The number of aldehydes is 1. The van der Waals surface area contributed by atoms with Gasteiger partial charge >= 0.3 is 0 Å². The summed E-state index contributed by atoms with van der Waals surface area (Å²) in [7, 11) is 3.90. The molecule has 4 nitrogen and oxygen atoms in total. The third-order valence-electron chi connectivity index (χ3n) is 2.24. The van der Waals surface area contributed by atoms with Crippen molar-refractivity contribution < 1.29 is 9.53 Å². The van der Waals surface area contributed by atoms with Crippen LogP contribution in [-0.4, -0.2) is 25.4 Å². The number of hydrogen-bond donors (Lipinski definition) is 0. The van der Waals surface area contributed by atoms with Crippen molar-refractivity contribution in [2.45, 2.75) is 0 Å². The molecular weight excluding hydrogens is 272 g/mol. The zero-order valence-electron chi connectivity index (χ0n) is 9.88. The van der Waals surface area contributed by atoms with Crippen LogP contribution in [0.2, 0.25) is 5.15 Å². The van der Waals surface area contributed by atoms with E-state index in [1.54, 1.807) is 0 Å². The van der Waals surface area contributed by atoms with Crippen LogP contribution in [0.1, 0.15) is 9.67 Å².